The fourth-order valence-electron chi connectivity index (χ4n) is 1.03. The van der Waals surface area contributed by atoms with E-state index in [1.54, 1.807) is 0 Å². The van der Waals surface area contributed by atoms with Crippen LogP contribution in [0.3, 0.4) is 0 Å². The lowest BCUT2D eigenvalue weighted by Crippen LogP contribution is -2.51. The molecule has 0 aliphatic heterocycles. The van der Waals surface area contributed by atoms with Crippen LogP contribution in [0.2, 0.25) is 0 Å². The number of ether oxygens (including phenoxy) is 1. The molecule has 0 fully saturated rings. The summed E-state index contributed by atoms with van der Waals surface area (Å²) in [4.78, 5) is 4.34. The minimum atomic E-state index is 0.00508. The van der Waals surface area contributed by atoms with Gasteiger partial charge in [-0.05, 0) is 33.6 Å². The van der Waals surface area contributed by atoms with E-state index in [1.807, 2.05) is 6.92 Å². The molecular formula is C11H26N4O. The molecule has 0 amide bonds. The first kappa shape index (κ1) is 15.2. The molecule has 96 valence electrons. The van der Waals surface area contributed by atoms with Crippen molar-refractivity contribution in [1.29, 1.82) is 0 Å². The standard InChI is InChI=1S/C11H26N4O/c1-5-11(3,4)14-10(15-12)13-8-7-9-16-6-2/h5-9,12H2,1-4H3,(H2,13,14,15). The Morgan fingerprint density at radius 2 is 2.06 bits per heavy atom. The van der Waals surface area contributed by atoms with Crippen LogP contribution in [0, 0.1) is 0 Å². The van der Waals surface area contributed by atoms with Gasteiger partial charge in [0.25, 0.3) is 0 Å². The molecule has 0 heterocycles. The quantitative estimate of drug-likeness (QED) is 0.201. The number of hydrogen-bond acceptors (Lipinski definition) is 3. The molecule has 0 spiro atoms. The average Bonchev–Trinajstić information content (AvgIpc) is 2.27. The molecular weight excluding hydrogens is 204 g/mol. The maximum absolute atomic E-state index is 5.40. The summed E-state index contributed by atoms with van der Waals surface area (Å²) in [5.41, 5.74) is 2.59. The van der Waals surface area contributed by atoms with Crippen molar-refractivity contribution < 1.29 is 4.74 Å². The zero-order chi connectivity index (χ0) is 12.4. The SMILES string of the molecule is CCOCCCN=C(NN)NC(C)(C)CC. The molecule has 16 heavy (non-hydrogen) atoms. The highest BCUT2D eigenvalue weighted by Crippen LogP contribution is 2.05. The molecule has 0 rings (SSSR count). The maximum atomic E-state index is 5.40. The van der Waals surface area contributed by atoms with E-state index in [1.165, 1.54) is 0 Å². The second kappa shape index (κ2) is 8.35. The molecule has 5 nitrogen and oxygen atoms in total. The van der Waals surface area contributed by atoms with E-state index in [-0.39, 0.29) is 5.54 Å². The van der Waals surface area contributed by atoms with Gasteiger partial charge in [-0.3, -0.25) is 10.4 Å². The van der Waals surface area contributed by atoms with Crippen molar-refractivity contribution in [2.24, 2.45) is 10.8 Å². The molecule has 0 aliphatic carbocycles. The summed E-state index contributed by atoms with van der Waals surface area (Å²) < 4.78 is 5.23. The summed E-state index contributed by atoms with van der Waals surface area (Å²) in [5.74, 6) is 6.04. The van der Waals surface area contributed by atoms with Crippen LogP contribution in [-0.4, -0.2) is 31.3 Å². The van der Waals surface area contributed by atoms with Gasteiger partial charge in [0.15, 0.2) is 0 Å². The fourth-order valence-corrected chi connectivity index (χ4v) is 1.03. The second-order valence-electron chi connectivity index (χ2n) is 4.29. The van der Waals surface area contributed by atoms with Crippen LogP contribution < -0.4 is 16.6 Å². The van der Waals surface area contributed by atoms with Gasteiger partial charge in [0.1, 0.15) is 0 Å². The molecule has 4 N–H and O–H groups in total. The number of nitrogens with two attached hydrogens (primary N) is 1. The van der Waals surface area contributed by atoms with Crippen molar-refractivity contribution >= 4 is 5.96 Å². The van der Waals surface area contributed by atoms with Crippen LogP contribution in [0.4, 0.5) is 0 Å². The van der Waals surface area contributed by atoms with Gasteiger partial charge in [0.2, 0.25) is 5.96 Å². The lowest BCUT2D eigenvalue weighted by molar-refractivity contribution is 0.146. The average molecular weight is 230 g/mol. The highest BCUT2D eigenvalue weighted by atomic mass is 16.5. The number of nitrogens with zero attached hydrogens (tertiary/aromatic N) is 1. The van der Waals surface area contributed by atoms with E-state index >= 15 is 0 Å². The monoisotopic (exact) mass is 230 g/mol. The van der Waals surface area contributed by atoms with Crippen LogP contribution in [-0.2, 0) is 4.74 Å². The zero-order valence-corrected chi connectivity index (χ0v) is 11.0. The van der Waals surface area contributed by atoms with Crippen LogP contribution in [0.5, 0.6) is 0 Å². The topological polar surface area (TPSA) is 71.7 Å². The maximum Gasteiger partial charge on any atom is 0.206 e. The molecule has 0 atom stereocenters. The Hall–Kier alpha value is -0.810. The summed E-state index contributed by atoms with van der Waals surface area (Å²) >= 11 is 0. The minimum Gasteiger partial charge on any atom is -0.382 e. The van der Waals surface area contributed by atoms with E-state index in [0.29, 0.717) is 12.5 Å². The van der Waals surface area contributed by atoms with Crippen LogP contribution >= 0.6 is 0 Å². The smallest absolute Gasteiger partial charge is 0.206 e. The first-order valence-electron chi connectivity index (χ1n) is 5.92. The first-order valence-corrected chi connectivity index (χ1v) is 5.92. The van der Waals surface area contributed by atoms with E-state index < -0.39 is 0 Å². The van der Waals surface area contributed by atoms with Gasteiger partial charge in [0.05, 0.1) is 0 Å². The highest BCUT2D eigenvalue weighted by molar-refractivity contribution is 5.79. The molecule has 0 saturated carbocycles. The van der Waals surface area contributed by atoms with Crippen molar-refractivity contribution in [3.63, 3.8) is 0 Å². The van der Waals surface area contributed by atoms with Gasteiger partial charge in [-0.1, -0.05) is 6.92 Å². The Bertz CT molecular complexity index is 204. The van der Waals surface area contributed by atoms with E-state index in [0.717, 1.165) is 26.1 Å². The van der Waals surface area contributed by atoms with Crippen molar-refractivity contribution in [3.8, 4) is 0 Å². The normalized spacial score (nSPS) is 12.7. The van der Waals surface area contributed by atoms with Gasteiger partial charge in [0, 0.05) is 25.3 Å². The van der Waals surface area contributed by atoms with E-state index in [4.69, 9.17) is 10.6 Å². The number of hydrogen-bond donors (Lipinski definition) is 3. The molecule has 0 aromatic rings. The molecule has 5 heteroatoms. The Morgan fingerprint density at radius 1 is 1.38 bits per heavy atom. The molecule has 0 aromatic carbocycles. The van der Waals surface area contributed by atoms with Gasteiger partial charge in [-0.15, -0.1) is 0 Å². The van der Waals surface area contributed by atoms with Gasteiger partial charge < -0.3 is 10.1 Å². The van der Waals surface area contributed by atoms with Crippen molar-refractivity contribution in [2.75, 3.05) is 19.8 Å². The largest absolute Gasteiger partial charge is 0.382 e. The van der Waals surface area contributed by atoms with Gasteiger partial charge >= 0.3 is 0 Å². The van der Waals surface area contributed by atoms with E-state index in [2.05, 4.69) is 36.5 Å². The summed E-state index contributed by atoms with van der Waals surface area (Å²) in [7, 11) is 0. The molecule has 0 unspecified atom stereocenters. The summed E-state index contributed by atoms with van der Waals surface area (Å²) in [6.07, 6.45) is 1.92. The molecule has 0 bridgehead atoms. The summed E-state index contributed by atoms with van der Waals surface area (Å²) in [6, 6.07) is 0. The predicted octanol–water partition coefficient (Wildman–Crippen LogP) is 1.01. The number of nitrogens with one attached hydrogen (secondary N) is 2. The lowest BCUT2D eigenvalue weighted by Gasteiger charge is -2.26. The summed E-state index contributed by atoms with van der Waals surface area (Å²) in [5, 5.41) is 3.26. The number of guanidine groups is 1. The van der Waals surface area contributed by atoms with Crippen molar-refractivity contribution in [1.82, 2.24) is 10.7 Å². The fraction of sp³-hybridized carbons (Fsp3) is 0.909. The Kier molecular flexibility index (Phi) is 7.93. The third kappa shape index (κ3) is 7.48. The van der Waals surface area contributed by atoms with Gasteiger partial charge in [-0.25, -0.2) is 5.84 Å². The van der Waals surface area contributed by atoms with Gasteiger partial charge in [-0.2, -0.15) is 0 Å². The second-order valence-corrected chi connectivity index (χ2v) is 4.29. The Morgan fingerprint density at radius 3 is 2.56 bits per heavy atom. The molecule has 0 saturated heterocycles. The van der Waals surface area contributed by atoms with Crippen LogP contribution in [0.25, 0.3) is 0 Å². The Balaban J connectivity index is 3.93. The first-order chi connectivity index (χ1) is 7.55. The summed E-state index contributed by atoms with van der Waals surface area (Å²) in [6.45, 7) is 10.5. The lowest BCUT2D eigenvalue weighted by atomic mass is 10.0. The van der Waals surface area contributed by atoms with Crippen LogP contribution in [0.15, 0.2) is 4.99 Å². The minimum absolute atomic E-state index is 0.00508. The Labute approximate surface area is 98.8 Å². The van der Waals surface area contributed by atoms with Crippen LogP contribution in [0.1, 0.15) is 40.5 Å². The molecule has 0 radical (unpaired) electrons. The number of aliphatic imine (C=N–C) groups is 1. The highest BCUT2D eigenvalue weighted by Gasteiger charge is 2.15. The van der Waals surface area contributed by atoms with Crippen molar-refractivity contribution in [3.05, 3.63) is 0 Å². The number of rotatable bonds is 7. The third-order valence-corrected chi connectivity index (χ3v) is 2.40. The third-order valence-electron chi connectivity index (χ3n) is 2.40. The van der Waals surface area contributed by atoms with E-state index in [9.17, 15) is 0 Å². The molecule has 0 aliphatic rings. The molecule has 0 aromatic heterocycles. The number of hydrazine groups is 1. The van der Waals surface area contributed by atoms with Crippen molar-refractivity contribution in [2.45, 2.75) is 46.1 Å². The zero-order valence-electron chi connectivity index (χ0n) is 11.0. The predicted molar refractivity (Wildman–Crippen MR) is 68.2 cm³/mol.